The lowest BCUT2D eigenvalue weighted by Crippen LogP contribution is -2.38. The van der Waals surface area contributed by atoms with Crippen LogP contribution in [0.1, 0.15) is 30.6 Å². The topological polar surface area (TPSA) is 62.4 Å². The van der Waals surface area contributed by atoms with Gasteiger partial charge in [-0.2, -0.15) is 0 Å². The first kappa shape index (κ1) is 16.6. The van der Waals surface area contributed by atoms with E-state index in [2.05, 4.69) is 28.1 Å². The molecular formula is C21H22N2O3. The molecule has 0 saturated heterocycles. The standard InChI is InChI=1S/C21H22N2O3/c1-3-13(12-24)16-10-19-20-15(14-6-4-5-7-18(14)22-20)8-9-23(19)11-17(16)21(25)26-2/h3-7,11-12,16,19,22H,8-10H2,1-2H3/b13-3-/t16-,19?/m0/s1. The van der Waals surface area contributed by atoms with E-state index in [1.807, 2.05) is 19.2 Å². The molecule has 0 spiro atoms. The Hall–Kier alpha value is -2.82. The lowest BCUT2D eigenvalue weighted by molar-refractivity contribution is -0.137. The normalized spacial score (nSPS) is 22.5. The molecule has 0 bridgehead atoms. The number of methoxy groups -OCH3 is 1. The Morgan fingerprint density at radius 1 is 1.35 bits per heavy atom. The fourth-order valence-corrected chi connectivity index (χ4v) is 4.34. The number of ether oxygens (including phenoxy) is 1. The van der Waals surface area contributed by atoms with E-state index in [0.717, 1.165) is 24.8 Å². The van der Waals surface area contributed by atoms with Gasteiger partial charge in [0.2, 0.25) is 0 Å². The number of carbonyl (C=O) groups excluding carboxylic acids is 2. The van der Waals surface area contributed by atoms with Crippen molar-refractivity contribution in [2.24, 2.45) is 5.92 Å². The Balaban J connectivity index is 1.82. The zero-order chi connectivity index (χ0) is 18.3. The summed E-state index contributed by atoms with van der Waals surface area (Å²) in [5, 5.41) is 1.27. The van der Waals surface area contributed by atoms with Crippen LogP contribution in [0.15, 0.2) is 47.7 Å². The summed E-state index contributed by atoms with van der Waals surface area (Å²) in [5.41, 5.74) is 4.88. The van der Waals surface area contributed by atoms with E-state index < -0.39 is 0 Å². The molecule has 1 aromatic heterocycles. The van der Waals surface area contributed by atoms with Crippen molar-refractivity contribution in [3.8, 4) is 0 Å². The largest absolute Gasteiger partial charge is 0.466 e. The molecule has 0 amide bonds. The minimum Gasteiger partial charge on any atom is -0.466 e. The monoisotopic (exact) mass is 350 g/mol. The van der Waals surface area contributed by atoms with Gasteiger partial charge in [-0.15, -0.1) is 0 Å². The smallest absolute Gasteiger partial charge is 0.335 e. The Bertz CT molecular complexity index is 938. The van der Waals surface area contributed by atoms with Gasteiger partial charge in [-0.3, -0.25) is 4.79 Å². The number of benzene rings is 1. The number of aromatic nitrogens is 1. The molecular weight excluding hydrogens is 328 g/mol. The van der Waals surface area contributed by atoms with Gasteiger partial charge in [0.15, 0.2) is 0 Å². The van der Waals surface area contributed by atoms with Gasteiger partial charge >= 0.3 is 5.97 Å². The van der Waals surface area contributed by atoms with E-state index in [-0.39, 0.29) is 17.9 Å². The number of hydrogen-bond donors (Lipinski definition) is 1. The Morgan fingerprint density at radius 2 is 2.15 bits per heavy atom. The van der Waals surface area contributed by atoms with Crippen LogP contribution < -0.4 is 0 Å². The Kier molecular flexibility index (Phi) is 4.15. The molecule has 134 valence electrons. The van der Waals surface area contributed by atoms with Crippen LogP contribution in [0.5, 0.6) is 0 Å². The summed E-state index contributed by atoms with van der Waals surface area (Å²) >= 11 is 0. The molecule has 1 N–H and O–H groups in total. The number of carbonyl (C=O) groups is 2. The van der Waals surface area contributed by atoms with Gasteiger partial charge < -0.3 is 14.6 Å². The first-order valence-corrected chi connectivity index (χ1v) is 8.94. The number of aromatic amines is 1. The summed E-state index contributed by atoms with van der Waals surface area (Å²) in [4.78, 5) is 29.7. The highest BCUT2D eigenvalue weighted by molar-refractivity contribution is 5.92. The molecule has 0 fully saturated rings. The third kappa shape index (κ3) is 2.46. The van der Waals surface area contributed by atoms with Crippen LogP contribution in [0.3, 0.4) is 0 Å². The van der Waals surface area contributed by atoms with Gasteiger partial charge in [-0.25, -0.2) is 4.79 Å². The van der Waals surface area contributed by atoms with Crippen LogP contribution in [0, 0.1) is 5.92 Å². The molecule has 5 nitrogen and oxygen atoms in total. The summed E-state index contributed by atoms with van der Waals surface area (Å²) in [5.74, 6) is -0.611. The minimum atomic E-state index is -0.364. The number of allylic oxidation sites excluding steroid dienone is 2. The summed E-state index contributed by atoms with van der Waals surface area (Å²) in [6.45, 7) is 2.68. The molecule has 2 atom stereocenters. The van der Waals surface area contributed by atoms with Crippen molar-refractivity contribution in [2.75, 3.05) is 13.7 Å². The number of hydrogen-bond acceptors (Lipinski definition) is 4. The number of rotatable bonds is 3. The van der Waals surface area contributed by atoms with E-state index in [0.29, 0.717) is 17.6 Å². The molecule has 1 unspecified atom stereocenters. The highest BCUT2D eigenvalue weighted by Gasteiger charge is 2.39. The maximum Gasteiger partial charge on any atom is 0.335 e. The number of para-hydroxylation sites is 1. The fraction of sp³-hybridized carbons (Fsp3) is 0.333. The molecule has 2 aromatic rings. The third-order valence-corrected chi connectivity index (χ3v) is 5.63. The number of H-pyrrole nitrogens is 1. The first-order valence-electron chi connectivity index (χ1n) is 8.94. The van der Waals surface area contributed by atoms with Crippen molar-refractivity contribution in [3.63, 3.8) is 0 Å². The van der Waals surface area contributed by atoms with Crippen LogP contribution in [0.25, 0.3) is 10.9 Å². The van der Waals surface area contributed by atoms with Crippen LogP contribution >= 0.6 is 0 Å². The summed E-state index contributed by atoms with van der Waals surface area (Å²) in [7, 11) is 1.38. The van der Waals surface area contributed by atoms with Crippen LogP contribution in [-0.2, 0) is 20.7 Å². The third-order valence-electron chi connectivity index (χ3n) is 5.63. The lowest BCUT2D eigenvalue weighted by Gasteiger charge is -2.41. The van der Waals surface area contributed by atoms with Crippen LogP contribution in [0.2, 0.25) is 0 Å². The summed E-state index contributed by atoms with van der Waals surface area (Å²) in [6, 6.07) is 8.47. The van der Waals surface area contributed by atoms with Crippen molar-refractivity contribution < 1.29 is 14.3 Å². The van der Waals surface area contributed by atoms with Gasteiger partial charge in [0.05, 0.1) is 18.7 Å². The van der Waals surface area contributed by atoms with E-state index >= 15 is 0 Å². The maximum atomic E-state index is 12.3. The molecule has 2 aliphatic heterocycles. The number of nitrogens with one attached hydrogen (secondary N) is 1. The number of esters is 1. The Morgan fingerprint density at radius 3 is 2.88 bits per heavy atom. The minimum absolute atomic E-state index is 0.124. The fourth-order valence-electron chi connectivity index (χ4n) is 4.34. The zero-order valence-electron chi connectivity index (χ0n) is 15.0. The molecule has 3 heterocycles. The average molecular weight is 350 g/mol. The van der Waals surface area contributed by atoms with Crippen molar-refractivity contribution >= 4 is 23.2 Å². The molecule has 2 aliphatic rings. The van der Waals surface area contributed by atoms with Crippen molar-refractivity contribution in [2.45, 2.75) is 25.8 Å². The molecule has 26 heavy (non-hydrogen) atoms. The lowest BCUT2D eigenvalue weighted by atomic mass is 9.80. The van der Waals surface area contributed by atoms with E-state index in [1.54, 1.807) is 6.08 Å². The first-order chi connectivity index (χ1) is 12.7. The van der Waals surface area contributed by atoms with Gasteiger partial charge in [0.1, 0.15) is 6.29 Å². The van der Waals surface area contributed by atoms with E-state index in [4.69, 9.17) is 4.74 Å². The van der Waals surface area contributed by atoms with Gasteiger partial charge in [0.25, 0.3) is 0 Å². The van der Waals surface area contributed by atoms with Crippen LogP contribution in [0.4, 0.5) is 0 Å². The van der Waals surface area contributed by atoms with Crippen LogP contribution in [-0.4, -0.2) is 35.8 Å². The SMILES string of the molecule is C/C=C(/C=O)[C@@H]1CC2c3[nH]c4ccccc4c3CCN2C=C1C(=O)OC. The molecule has 0 radical (unpaired) electrons. The highest BCUT2D eigenvalue weighted by atomic mass is 16.5. The van der Waals surface area contributed by atoms with Crippen molar-refractivity contribution in [1.82, 2.24) is 9.88 Å². The van der Waals surface area contributed by atoms with Gasteiger partial charge in [0, 0.05) is 35.3 Å². The van der Waals surface area contributed by atoms with Gasteiger partial charge in [-0.05, 0) is 37.0 Å². The predicted octanol–water partition coefficient (Wildman–Crippen LogP) is 3.29. The number of fused-ring (bicyclic) bond motifs is 5. The second kappa shape index (κ2) is 6.48. The van der Waals surface area contributed by atoms with Gasteiger partial charge in [-0.1, -0.05) is 24.3 Å². The second-order valence-corrected chi connectivity index (χ2v) is 6.84. The summed E-state index contributed by atoms with van der Waals surface area (Å²) < 4.78 is 4.97. The molecule has 5 heteroatoms. The molecule has 0 aliphatic carbocycles. The quantitative estimate of drug-likeness (QED) is 0.524. The second-order valence-electron chi connectivity index (χ2n) is 6.84. The highest BCUT2D eigenvalue weighted by Crippen LogP contribution is 2.44. The van der Waals surface area contributed by atoms with E-state index in [1.165, 1.54) is 23.8 Å². The number of nitrogens with zero attached hydrogens (tertiary/aromatic N) is 1. The molecule has 0 saturated carbocycles. The van der Waals surface area contributed by atoms with E-state index in [9.17, 15) is 9.59 Å². The average Bonchev–Trinajstić information content (AvgIpc) is 3.07. The number of aldehydes is 1. The summed E-state index contributed by atoms with van der Waals surface area (Å²) in [6.07, 6.45) is 6.14. The zero-order valence-corrected chi connectivity index (χ0v) is 15.0. The molecule has 4 rings (SSSR count). The van der Waals surface area contributed by atoms with Crippen molar-refractivity contribution in [3.05, 3.63) is 58.9 Å². The van der Waals surface area contributed by atoms with Crippen molar-refractivity contribution in [1.29, 1.82) is 0 Å². The maximum absolute atomic E-state index is 12.3. The molecule has 1 aromatic carbocycles. The predicted molar refractivity (Wildman–Crippen MR) is 99.5 cm³/mol. The Labute approximate surface area is 152 Å².